The minimum atomic E-state index is -0.394. The summed E-state index contributed by atoms with van der Waals surface area (Å²) in [6, 6.07) is 5.25. The standard InChI is InChI=1S/C11H10N4O3/c1-18-6-2-3-8-7(4-6)10-13-9(5-16)14-15(10)11(17)12-8/h2-4,16H,5H2,1H3,(H,12,17). The van der Waals surface area contributed by atoms with Gasteiger partial charge in [0.2, 0.25) is 0 Å². The van der Waals surface area contributed by atoms with Crippen molar-refractivity contribution in [3.05, 3.63) is 34.5 Å². The Bertz CT molecular complexity index is 790. The molecule has 7 nitrogen and oxygen atoms in total. The number of aliphatic hydroxyl groups is 1. The van der Waals surface area contributed by atoms with Crippen LogP contribution in [0, 0.1) is 0 Å². The predicted octanol–water partition coefficient (Wildman–Crippen LogP) is 0.0717. The SMILES string of the molecule is COc1ccc2[nH]c(=O)n3nc(CO)nc3c2c1. The average Bonchev–Trinajstić information content (AvgIpc) is 2.83. The second-order valence-corrected chi connectivity index (χ2v) is 3.76. The molecular formula is C11H10N4O3. The van der Waals surface area contributed by atoms with E-state index in [1.807, 2.05) is 0 Å². The summed E-state index contributed by atoms with van der Waals surface area (Å²) in [7, 11) is 1.56. The molecule has 0 saturated heterocycles. The molecule has 7 heteroatoms. The first-order chi connectivity index (χ1) is 8.72. The van der Waals surface area contributed by atoms with Gasteiger partial charge in [0.1, 0.15) is 12.4 Å². The van der Waals surface area contributed by atoms with Crippen molar-refractivity contribution in [2.24, 2.45) is 0 Å². The maximum absolute atomic E-state index is 11.8. The van der Waals surface area contributed by atoms with Gasteiger partial charge in [-0.25, -0.2) is 9.78 Å². The van der Waals surface area contributed by atoms with Crippen LogP contribution < -0.4 is 10.4 Å². The molecule has 0 atom stereocenters. The Morgan fingerprint density at radius 3 is 3.06 bits per heavy atom. The van der Waals surface area contributed by atoms with E-state index < -0.39 is 5.69 Å². The number of ether oxygens (including phenoxy) is 1. The topological polar surface area (TPSA) is 92.5 Å². The van der Waals surface area contributed by atoms with Gasteiger partial charge < -0.3 is 14.8 Å². The molecule has 2 aromatic heterocycles. The smallest absolute Gasteiger partial charge is 0.348 e. The van der Waals surface area contributed by atoms with Crippen LogP contribution in [0.15, 0.2) is 23.0 Å². The maximum atomic E-state index is 11.8. The Labute approximate surface area is 101 Å². The van der Waals surface area contributed by atoms with Crippen LogP contribution in [0.5, 0.6) is 5.75 Å². The number of hydrogen-bond donors (Lipinski definition) is 2. The Hall–Kier alpha value is -2.41. The monoisotopic (exact) mass is 246 g/mol. The van der Waals surface area contributed by atoms with Gasteiger partial charge in [-0.1, -0.05) is 0 Å². The fourth-order valence-electron chi connectivity index (χ4n) is 1.85. The summed E-state index contributed by atoms with van der Waals surface area (Å²) in [5.74, 6) is 0.862. The highest BCUT2D eigenvalue weighted by Crippen LogP contribution is 2.21. The van der Waals surface area contributed by atoms with Crippen molar-refractivity contribution in [3.63, 3.8) is 0 Å². The minimum absolute atomic E-state index is 0.204. The van der Waals surface area contributed by atoms with Gasteiger partial charge in [0.15, 0.2) is 11.5 Å². The largest absolute Gasteiger partial charge is 0.497 e. The number of nitrogens with one attached hydrogen (secondary N) is 1. The van der Waals surface area contributed by atoms with Gasteiger partial charge in [0.25, 0.3) is 0 Å². The van der Waals surface area contributed by atoms with Crippen molar-refractivity contribution in [1.29, 1.82) is 0 Å². The van der Waals surface area contributed by atoms with Gasteiger partial charge >= 0.3 is 5.69 Å². The number of H-pyrrole nitrogens is 1. The maximum Gasteiger partial charge on any atom is 0.348 e. The van der Waals surface area contributed by atoms with Crippen LogP contribution in [0.1, 0.15) is 5.82 Å². The van der Waals surface area contributed by atoms with Gasteiger partial charge in [-0.3, -0.25) is 0 Å². The van der Waals surface area contributed by atoms with Gasteiger partial charge in [-0.15, -0.1) is 5.10 Å². The lowest BCUT2D eigenvalue weighted by atomic mass is 10.2. The third-order valence-electron chi connectivity index (χ3n) is 2.69. The summed E-state index contributed by atoms with van der Waals surface area (Å²) in [6.45, 7) is -0.313. The third-order valence-corrected chi connectivity index (χ3v) is 2.69. The first kappa shape index (κ1) is 10.7. The molecule has 3 rings (SSSR count). The molecule has 0 amide bonds. The molecule has 0 saturated carbocycles. The molecule has 0 unspecified atom stereocenters. The minimum Gasteiger partial charge on any atom is -0.497 e. The molecule has 0 spiro atoms. The molecule has 0 fully saturated rings. The Balaban J connectivity index is 2.48. The summed E-state index contributed by atoms with van der Waals surface area (Å²) in [4.78, 5) is 18.6. The van der Waals surface area contributed by atoms with E-state index in [0.717, 1.165) is 4.52 Å². The molecule has 0 aliphatic heterocycles. The first-order valence-electron chi connectivity index (χ1n) is 5.29. The zero-order valence-corrected chi connectivity index (χ0v) is 9.54. The van der Waals surface area contributed by atoms with Crippen LogP contribution in [-0.4, -0.2) is 31.8 Å². The quantitative estimate of drug-likeness (QED) is 0.667. The van der Waals surface area contributed by atoms with Gasteiger partial charge in [0.05, 0.1) is 12.6 Å². The van der Waals surface area contributed by atoms with Crippen molar-refractivity contribution in [1.82, 2.24) is 19.6 Å². The van der Waals surface area contributed by atoms with E-state index in [1.165, 1.54) is 0 Å². The molecular weight excluding hydrogens is 236 g/mol. The van der Waals surface area contributed by atoms with Crippen molar-refractivity contribution < 1.29 is 9.84 Å². The first-order valence-corrected chi connectivity index (χ1v) is 5.29. The van der Waals surface area contributed by atoms with E-state index in [-0.39, 0.29) is 12.4 Å². The van der Waals surface area contributed by atoms with Gasteiger partial charge in [0, 0.05) is 5.39 Å². The van der Waals surface area contributed by atoms with Crippen LogP contribution in [0.25, 0.3) is 16.6 Å². The number of fused-ring (bicyclic) bond motifs is 3. The fraction of sp³-hybridized carbons (Fsp3) is 0.182. The highest BCUT2D eigenvalue weighted by molar-refractivity contribution is 5.91. The number of hydrogen-bond acceptors (Lipinski definition) is 5. The number of nitrogens with zero attached hydrogens (tertiary/aromatic N) is 3. The molecule has 3 aromatic rings. The van der Waals surface area contributed by atoms with Crippen LogP contribution >= 0.6 is 0 Å². The fourth-order valence-corrected chi connectivity index (χ4v) is 1.85. The third kappa shape index (κ3) is 1.45. The number of benzene rings is 1. The van der Waals surface area contributed by atoms with Gasteiger partial charge in [-0.2, -0.15) is 4.52 Å². The molecule has 0 aliphatic carbocycles. The lowest BCUT2D eigenvalue weighted by Gasteiger charge is -2.02. The molecule has 0 bridgehead atoms. The van der Waals surface area contributed by atoms with E-state index in [0.29, 0.717) is 22.3 Å². The molecule has 0 aliphatic rings. The zero-order valence-electron chi connectivity index (χ0n) is 9.54. The van der Waals surface area contributed by atoms with Crippen LogP contribution in [0.4, 0.5) is 0 Å². The van der Waals surface area contributed by atoms with Crippen molar-refractivity contribution in [2.75, 3.05) is 7.11 Å². The molecule has 92 valence electrons. The summed E-state index contributed by atoms with van der Waals surface area (Å²) in [6.07, 6.45) is 0. The Morgan fingerprint density at radius 1 is 1.50 bits per heavy atom. The molecule has 1 aromatic carbocycles. The van der Waals surface area contributed by atoms with Crippen molar-refractivity contribution >= 4 is 16.6 Å². The number of aromatic amines is 1. The van der Waals surface area contributed by atoms with Crippen LogP contribution in [0.3, 0.4) is 0 Å². The van der Waals surface area contributed by atoms with Crippen LogP contribution in [-0.2, 0) is 6.61 Å². The average molecular weight is 246 g/mol. The zero-order chi connectivity index (χ0) is 12.7. The molecule has 2 heterocycles. The Morgan fingerprint density at radius 2 is 2.33 bits per heavy atom. The predicted molar refractivity (Wildman–Crippen MR) is 63.6 cm³/mol. The number of rotatable bonds is 2. The Kier molecular flexibility index (Phi) is 2.27. The van der Waals surface area contributed by atoms with E-state index in [1.54, 1.807) is 25.3 Å². The summed E-state index contributed by atoms with van der Waals surface area (Å²) in [5, 5.41) is 13.6. The second-order valence-electron chi connectivity index (χ2n) is 3.76. The lowest BCUT2D eigenvalue weighted by Crippen LogP contribution is -2.17. The summed E-state index contributed by atoms with van der Waals surface area (Å²) >= 11 is 0. The molecule has 2 N–H and O–H groups in total. The molecule has 18 heavy (non-hydrogen) atoms. The number of aromatic nitrogens is 4. The van der Waals surface area contributed by atoms with Crippen molar-refractivity contribution in [3.8, 4) is 5.75 Å². The van der Waals surface area contributed by atoms with E-state index in [9.17, 15) is 4.79 Å². The van der Waals surface area contributed by atoms with E-state index >= 15 is 0 Å². The highest BCUT2D eigenvalue weighted by atomic mass is 16.5. The van der Waals surface area contributed by atoms with Crippen molar-refractivity contribution in [2.45, 2.75) is 6.61 Å². The van der Waals surface area contributed by atoms with E-state index in [2.05, 4.69) is 15.1 Å². The number of methoxy groups -OCH3 is 1. The number of aliphatic hydroxyl groups excluding tert-OH is 1. The lowest BCUT2D eigenvalue weighted by molar-refractivity contribution is 0.271. The normalized spacial score (nSPS) is 11.2. The van der Waals surface area contributed by atoms with Gasteiger partial charge in [-0.05, 0) is 18.2 Å². The summed E-state index contributed by atoms with van der Waals surface area (Å²) < 4.78 is 6.27. The van der Waals surface area contributed by atoms with Crippen LogP contribution in [0.2, 0.25) is 0 Å². The summed E-state index contributed by atoms with van der Waals surface area (Å²) in [5.41, 5.74) is 0.650. The second kappa shape index (κ2) is 3.81. The van der Waals surface area contributed by atoms with E-state index in [4.69, 9.17) is 9.84 Å². The molecule has 0 radical (unpaired) electrons. The highest BCUT2D eigenvalue weighted by Gasteiger charge is 2.10.